The molecule has 104 valence electrons. The van der Waals surface area contributed by atoms with Gasteiger partial charge in [0.15, 0.2) is 0 Å². The minimum absolute atomic E-state index is 0.191. The van der Waals surface area contributed by atoms with Crippen LogP contribution < -0.4 is 16.2 Å². The van der Waals surface area contributed by atoms with Crippen molar-refractivity contribution in [3.05, 3.63) is 29.3 Å². The van der Waals surface area contributed by atoms with Crippen LogP contribution >= 0.6 is 0 Å². The normalized spacial score (nSPS) is 19.7. The zero-order valence-corrected chi connectivity index (χ0v) is 11.8. The van der Waals surface area contributed by atoms with Gasteiger partial charge in [0.2, 0.25) is 5.91 Å². The molecule has 0 radical (unpaired) electrons. The van der Waals surface area contributed by atoms with Crippen LogP contribution in [0.25, 0.3) is 0 Å². The minimum atomic E-state index is -0.595. The second-order valence-electron chi connectivity index (χ2n) is 6.06. The van der Waals surface area contributed by atoms with E-state index < -0.39 is 5.41 Å². The third-order valence-corrected chi connectivity index (χ3v) is 3.75. The number of hydrogen-bond acceptors (Lipinski definition) is 3. The van der Waals surface area contributed by atoms with E-state index in [0.29, 0.717) is 6.42 Å². The summed E-state index contributed by atoms with van der Waals surface area (Å²) in [7, 11) is 0. The predicted octanol–water partition coefficient (Wildman–Crippen LogP) is 1.91. The number of fused-ring (bicyclic) bond motifs is 1. The number of primary amides is 1. The van der Waals surface area contributed by atoms with Crippen molar-refractivity contribution in [2.75, 3.05) is 0 Å². The fraction of sp³-hybridized carbons (Fsp3) is 0.533. The fourth-order valence-electron chi connectivity index (χ4n) is 2.44. The molecule has 0 fully saturated rings. The number of carbonyl (C=O) groups excluding carboxylic acids is 1. The van der Waals surface area contributed by atoms with Crippen molar-refractivity contribution >= 4 is 5.91 Å². The van der Waals surface area contributed by atoms with E-state index in [1.165, 1.54) is 5.56 Å². The molecule has 0 aromatic heterocycles. The maximum Gasteiger partial charge on any atom is 0.223 e. The Morgan fingerprint density at radius 3 is 2.84 bits per heavy atom. The van der Waals surface area contributed by atoms with Gasteiger partial charge >= 0.3 is 0 Å². The van der Waals surface area contributed by atoms with Gasteiger partial charge in [0.05, 0.1) is 0 Å². The molecule has 1 aliphatic rings. The zero-order valence-electron chi connectivity index (χ0n) is 11.8. The smallest absolute Gasteiger partial charge is 0.223 e. The fourth-order valence-corrected chi connectivity index (χ4v) is 2.44. The molecule has 19 heavy (non-hydrogen) atoms. The van der Waals surface area contributed by atoms with Crippen LogP contribution in [-0.2, 0) is 11.2 Å². The molecule has 1 aliphatic heterocycles. The third kappa shape index (κ3) is 2.89. The van der Waals surface area contributed by atoms with Crippen molar-refractivity contribution < 1.29 is 9.53 Å². The maximum atomic E-state index is 11.4. The summed E-state index contributed by atoms with van der Waals surface area (Å²) in [5.41, 5.74) is 13.2. The van der Waals surface area contributed by atoms with Crippen molar-refractivity contribution in [2.24, 2.45) is 16.9 Å². The lowest BCUT2D eigenvalue weighted by Crippen LogP contribution is -2.34. The van der Waals surface area contributed by atoms with Crippen molar-refractivity contribution in [3.8, 4) is 5.75 Å². The summed E-state index contributed by atoms with van der Waals surface area (Å²) in [6.45, 7) is 5.71. The number of rotatable bonds is 4. The number of hydrogen-bond donors (Lipinski definition) is 2. The average Bonchev–Trinajstić information content (AvgIpc) is 2.66. The molecule has 4 nitrogen and oxygen atoms in total. The Balaban J connectivity index is 2.15. The van der Waals surface area contributed by atoms with Crippen LogP contribution in [0.4, 0.5) is 0 Å². The first-order valence-corrected chi connectivity index (χ1v) is 6.64. The molecule has 2 unspecified atom stereocenters. The van der Waals surface area contributed by atoms with Crippen LogP contribution in [0, 0.1) is 5.41 Å². The van der Waals surface area contributed by atoms with Gasteiger partial charge in [-0.15, -0.1) is 0 Å². The van der Waals surface area contributed by atoms with Gasteiger partial charge in [-0.2, -0.15) is 0 Å². The highest BCUT2D eigenvalue weighted by Crippen LogP contribution is 2.33. The average molecular weight is 262 g/mol. The summed E-state index contributed by atoms with van der Waals surface area (Å²) in [4.78, 5) is 11.4. The van der Waals surface area contributed by atoms with Crippen LogP contribution in [0.15, 0.2) is 18.2 Å². The molecule has 1 aromatic carbocycles. The predicted molar refractivity (Wildman–Crippen MR) is 74.8 cm³/mol. The molecule has 1 aromatic rings. The van der Waals surface area contributed by atoms with Gasteiger partial charge in [0, 0.05) is 17.9 Å². The Morgan fingerprint density at radius 2 is 2.21 bits per heavy atom. The van der Waals surface area contributed by atoms with E-state index >= 15 is 0 Å². The van der Waals surface area contributed by atoms with Crippen molar-refractivity contribution in [3.63, 3.8) is 0 Å². The standard InChI is InChI=1S/C15H22N2O2/c1-9-6-11-7-10(4-5-13(11)19-9)12(16)8-15(2,3)14(17)18/h4-5,7,9,12H,6,8,16H2,1-3H3,(H2,17,18). The molecule has 0 saturated heterocycles. The van der Waals surface area contributed by atoms with Gasteiger partial charge in [-0.1, -0.05) is 26.0 Å². The Kier molecular flexibility index (Phi) is 3.54. The number of ether oxygens (including phenoxy) is 1. The first-order valence-electron chi connectivity index (χ1n) is 6.64. The topological polar surface area (TPSA) is 78.3 Å². The molecule has 2 rings (SSSR count). The number of carbonyl (C=O) groups is 1. The summed E-state index contributed by atoms with van der Waals surface area (Å²) >= 11 is 0. The first kappa shape index (κ1) is 13.9. The van der Waals surface area contributed by atoms with Crippen LogP contribution in [-0.4, -0.2) is 12.0 Å². The molecule has 2 atom stereocenters. The minimum Gasteiger partial charge on any atom is -0.490 e. The number of amides is 1. The number of nitrogens with two attached hydrogens (primary N) is 2. The van der Waals surface area contributed by atoms with Crippen molar-refractivity contribution in [1.82, 2.24) is 0 Å². The largest absolute Gasteiger partial charge is 0.490 e. The van der Waals surface area contributed by atoms with Gasteiger partial charge in [-0.3, -0.25) is 4.79 Å². The maximum absolute atomic E-state index is 11.4. The van der Waals surface area contributed by atoms with Gasteiger partial charge in [-0.05, 0) is 30.5 Å². The Morgan fingerprint density at radius 1 is 1.53 bits per heavy atom. The second-order valence-corrected chi connectivity index (χ2v) is 6.06. The van der Waals surface area contributed by atoms with Crippen molar-refractivity contribution in [2.45, 2.75) is 45.8 Å². The Hall–Kier alpha value is -1.55. The summed E-state index contributed by atoms with van der Waals surface area (Å²) in [6.07, 6.45) is 1.68. The van der Waals surface area contributed by atoms with Gasteiger partial charge in [-0.25, -0.2) is 0 Å². The van der Waals surface area contributed by atoms with E-state index in [1.54, 1.807) is 0 Å². The summed E-state index contributed by atoms with van der Waals surface area (Å²) < 4.78 is 5.67. The van der Waals surface area contributed by atoms with Crippen LogP contribution in [0.5, 0.6) is 5.75 Å². The van der Waals surface area contributed by atoms with Crippen LogP contribution in [0.2, 0.25) is 0 Å². The Labute approximate surface area is 114 Å². The van der Waals surface area contributed by atoms with Gasteiger partial charge in [0.25, 0.3) is 0 Å². The summed E-state index contributed by atoms with van der Waals surface area (Å²) in [5, 5.41) is 0. The van der Waals surface area contributed by atoms with Gasteiger partial charge in [0.1, 0.15) is 11.9 Å². The lowest BCUT2D eigenvalue weighted by Gasteiger charge is -2.24. The van der Waals surface area contributed by atoms with E-state index in [-0.39, 0.29) is 18.1 Å². The van der Waals surface area contributed by atoms with Crippen LogP contribution in [0.3, 0.4) is 0 Å². The molecule has 1 heterocycles. The molecule has 0 bridgehead atoms. The number of benzene rings is 1. The lowest BCUT2D eigenvalue weighted by atomic mass is 9.83. The van der Waals surface area contributed by atoms with Gasteiger partial charge < -0.3 is 16.2 Å². The molecule has 4 heteroatoms. The molecular formula is C15H22N2O2. The highest BCUT2D eigenvalue weighted by molar-refractivity contribution is 5.79. The van der Waals surface area contributed by atoms with Crippen LogP contribution in [0.1, 0.15) is 44.4 Å². The Bertz CT molecular complexity index is 497. The van der Waals surface area contributed by atoms with E-state index in [1.807, 2.05) is 26.0 Å². The lowest BCUT2D eigenvalue weighted by molar-refractivity contribution is -0.126. The zero-order chi connectivity index (χ0) is 14.2. The van der Waals surface area contributed by atoms with E-state index in [2.05, 4.69) is 13.0 Å². The summed E-state index contributed by atoms with van der Waals surface area (Å²) in [6, 6.07) is 5.83. The molecular weight excluding hydrogens is 240 g/mol. The highest BCUT2D eigenvalue weighted by Gasteiger charge is 2.29. The van der Waals surface area contributed by atoms with E-state index in [0.717, 1.165) is 17.7 Å². The quantitative estimate of drug-likeness (QED) is 0.870. The highest BCUT2D eigenvalue weighted by atomic mass is 16.5. The third-order valence-electron chi connectivity index (χ3n) is 3.75. The van der Waals surface area contributed by atoms with E-state index in [4.69, 9.17) is 16.2 Å². The monoisotopic (exact) mass is 262 g/mol. The van der Waals surface area contributed by atoms with Crippen molar-refractivity contribution in [1.29, 1.82) is 0 Å². The molecule has 0 saturated carbocycles. The molecule has 0 spiro atoms. The SMILES string of the molecule is CC1Cc2cc(C(N)CC(C)(C)C(N)=O)ccc2O1. The molecule has 4 N–H and O–H groups in total. The molecule has 1 amide bonds. The molecule has 0 aliphatic carbocycles. The summed E-state index contributed by atoms with van der Waals surface area (Å²) in [5.74, 6) is 0.624. The second kappa shape index (κ2) is 4.85. The first-order chi connectivity index (χ1) is 8.79. The van der Waals surface area contributed by atoms with E-state index in [9.17, 15) is 4.79 Å².